The first-order valence-electron chi connectivity index (χ1n) is 8.01. The summed E-state index contributed by atoms with van der Waals surface area (Å²) in [6, 6.07) is 8.53. The molecule has 0 bridgehead atoms. The Morgan fingerprint density at radius 3 is 2.57 bits per heavy atom. The normalized spacial score (nSPS) is 24.1. The third-order valence-electron chi connectivity index (χ3n) is 4.84. The van der Waals surface area contributed by atoms with Crippen molar-refractivity contribution in [3.8, 4) is 0 Å². The Bertz CT molecular complexity index is 509. The predicted molar refractivity (Wildman–Crippen MR) is 99.4 cm³/mol. The van der Waals surface area contributed by atoms with Crippen molar-refractivity contribution in [1.29, 1.82) is 0 Å². The second-order valence-electron chi connectivity index (χ2n) is 6.46. The minimum Gasteiger partial charge on any atom is -0.399 e. The number of fused-ring (bicyclic) bond motifs is 1. The fourth-order valence-corrected chi connectivity index (χ4v) is 3.61. The molecule has 2 unspecified atom stereocenters. The Balaban J connectivity index is 0.00000132. The first-order valence-corrected chi connectivity index (χ1v) is 8.01. The number of hydrogen-bond donors (Lipinski definition) is 1. The lowest BCUT2D eigenvalue weighted by atomic mass is 9.96. The summed E-state index contributed by atoms with van der Waals surface area (Å²) in [4.78, 5) is 17.3. The standard InChI is InChI=1S/C17H25N3O.2ClH/c1-13-11-19-9-3-2-4-16(19)12-20(13)17(21)10-14-5-7-15(18)8-6-14;;/h5-8,13,16H,2-4,9-12,18H2,1H3;2*1H. The molecule has 4 nitrogen and oxygen atoms in total. The lowest BCUT2D eigenvalue weighted by Crippen LogP contribution is -2.60. The molecule has 2 aliphatic rings. The monoisotopic (exact) mass is 359 g/mol. The minimum atomic E-state index is 0. The molecule has 2 N–H and O–H groups in total. The first-order chi connectivity index (χ1) is 10.1. The number of hydrogen-bond acceptors (Lipinski definition) is 3. The van der Waals surface area contributed by atoms with Gasteiger partial charge in [-0.1, -0.05) is 18.6 Å². The Hall–Kier alpha value is -0.970. The average Bonchev–Trinajstić information content (AvgIpc) is 2.49. The van der Waals surface area contributed by atoms with Crippen LogP contribution in [0.25, 0.3) is 0 Å². The van der Waals surface area contributed by atoms with E-state index in [4.69, 9.17) is 5.73 Å². The van der Waals surface area contributed by atoms with Gasteiger partial charge >= 0.3 is 0 Å². The molecule has 2 saturated heterocycles. The van der Waals surface area contributed by atoms with E-state index in [-0.39, 0.29) is 30.7 Å². The number of anilines is 1. The second kappa shape index (κ2) is 8.76. The van der Waals surface area contributed by atoms with Gasteiger partial charge in [-0.3, -0.25) is 9.69 Å². The van der Waals surface area contributed by atoms with Crippen LogP contribution < -0.4 is 5.73 Å². The molecule has 0 aromatic heterocycles. The largest absolute Gasteiger partial charge is 0.399 e. The van der Waals surface area contributed by atoms with E-state index >= 15 is 0 Å². The van der Waals surface area contributed by atoms with Gasteiger partial charge in [-0.25, -0.2) is 0 Å². The van der Waals surface area contributed by atoms with Crippen LogP contribution >= 0.6 is 24.8 Å². The molecule has 0 radical (unpaired) electrons. The summed E-state index contributed by atoms with van der Waals surface area (Å²) >= 11 is 0. The maximum Gasteiger partial charge on any atom is 0.227 e. The van der Waals surface area contributed by atoms with Crippen molar-refractivity contribution in [3.05, 3.63) is 29.8 Å². The van der Waals surface area contributed by atoms with Gasteiger partial charge in [-0.15, -0.1) is 24.8 Å². The minimum absolute atomic E-state index is 0. The number of nitrogens with two attached hydrogens (primary N) is 1. The van der Waals surface area contributed by atoms with Gasteiger partial charge in [0, 0.05) is 30.9 Å². The highest BCUT2D eigenvalue weighted by Gasteiger charge is 2.34. The van der Waals surface area contributed by atoms with E-state index in [1.807, 2.05) is 24.3 Å². The van der Waals surface area contributed by atoms with Crippen molar-refractivity contribution >= 4 is 36.4 Å². The predicted octanol–water partition coefficient (Wildman–Crippen LogP) is 2.74. The third-order valence-corrected chi connectivity index (χ3v) is 4.84. The van der Waals surface area contributed by atoms with E-state index in [2.05, 4.69) is 16.7 Å². The smallest absolute Gasteiger partial charge is 0.227 e. The summed E-state index contributed by atoms with van der Waals surface area (Å²) < 4.78 is 0. The van der Waals surface area contributed by atoms with Crippen molar-refractivity contribution in [2.45, 2.75) is 44.7 Å². The lowest BCUT2D eigenvalue weighted by Gasteiger charge is -2.47. The van der Waals surface area contributed by atoms with E-state index < -0.39 is 0 Å². The molecule has 0 saturated carbocycles. The number of nitrogens with zero attached hydrogens (tertiary/aromatic N) is 2. The van der Waals surface area contributed by atoms with E-state index in [1.54, 1.807) is 0 Å². The zero-order valence-corrected chi connectivity index (χ0v) is 15.2. The Morgan fingerprint density at radius 2 is 1.87 bits per heavy atom. The summed E-state index contributed by atoms with van der Waals surface area (Å²) in [6.45, 7) is 5.30. The zero-order chi connectivity index (χ0) is 14.8. The molecule has 2 atom stereocenters. The molecule has 130 valence electrons. The van der Waals surface area contributed by atoms with Crippen LogP contribution in [0.1, 0.15) is 31.7 Å². The molecule has 1 aromatic rings. The Kier molecular flexibility index (Phi) is 7.65. The number of halogens is 2. The number of carbonyl (C=O) groups is 1. The highest BCUT2D eigenvalue weighted by Crippen LogP contribution is 2.24. The summed E-state index contributed by atoms with van der Waals surface area (Å²) in [5, 5.41) is 0. The van der Waals surface area contributed by atoms with Gasteiger partial charge in [-0.2, -0.15) is 0 Å². The summed E-state index contributed by atoms with van der Waals surface area (Å²) in [6.07, 6.45) is 4.33. The zero-order valence-electron chi connectivity index (χ0n) is 13.6. The lowest BCUT2D eigenvalue weighted by molar-refractivity contribution is -0.137. The maximum absolute atomic E-state index is 12.6. The van der Waals surface area contributed by atoms with Crippen molar-refractivity contribution in [3.63, 3.8) is 0 Å². The molecule has 1 amide bonds. The number of amides is 1. The van der Waals surface area contributed by atoms with Crippen LogP contribution in [0.2, 0.25) is 0 Å². The summed E-state index contributed by atoms with van der Waals surface area (Å²) in [5.41, 5.74) is 7.49. The van der Waals surface area contributed by atoms with E-state index in [1.165, 1.54) is 25.8 Å². The molecule has 0 spiro atoms. The molecule has 2 fully saturated rings. The van der Waals surface area contributed by atoms with Crippen molar-refractivity contribution in [2.75, 3.05) is 25.4 Å². The van der Waals surface area contributed by atoms with Crippen LogP contribution in [0.3, 0.4) is 0 Å². The first kappa shape index (κ1) is 20.1. The van der Waals surface area contributed by atoms with Crippen LogP contribution in [0, 0.1) is 0 Å². The van der Waals surface area contributed by atoms with Gasteiger partial charge in [0.05, 0.1) is 6.42 Å². The maximum atomic E-state index is 12.6. The average molecular weight is 360 g/mol. The third kappa shape index (κ3) is 4.75. The fourth-order valence-electron chi connectivity index (χ4n) is 3.61. The van der Waals surface area contributed by atoms with E-state index in [9.17, 15) is 4.79 Å². The van der Waals surface area contributed by atoms with Gasteiger partial charge in [-0.05, 0) is 44.0 Å². The van der Waals surface area contributed by atoms with Gasteiger partial charge < -0.3 is 10.6 Å². The quantitative estimate of drug-likeness (QED) is 0.825. The topological polar surface area (TPSA) is 49.6 Å². The second-order valence-corrected chi connectivity index (χ2v) is 6.46. The Labute approximate surface area is 151 Å². The van der Waals surface area contributed by atoms with Gasteiger partial charge in [0.25, 0.3) is 0 Å². The van der Waals surface area contributed by atoms with Crippen molar-refractivity contribution < 1.29 is 4.79 Å². The molecule has 0 aliphatic carbocycles. The molecule has 23 heavy (non-hydrogen) atoms. The number of carbonyl (C=O) groups excluding carboxylic acids is 1. The van der Waals surface area contributed by atoms with Gasteiger partial charge in [0.15, 0.2) is 0 Å². The molecule has 1 aromatic carbocycles. The van der Waals surface area contributed by atoms with Gasteiger partial charge in [0.2, 0.25) is 5.91 Å². The summed E-state index contributed by atoms with van der Waals surface area (Å²) in [5.74, 6) is 0.248. The number of piperidine rings is 1. The molecule has 2 heterocycles. The van der Waals surface area contributed by atoms with E-state index in [0.717, 1.165) is 24.3 Å². The van der Waals surface area contributed by atoms with Crippen LogP contribution in [0.5, 0.6) is 0 Å². The molecular formula is C17H27Cl2N3O. The van der Waals surface area contributed by atoms with Crippen LogP contribution in [-0.2, 0) is 11.2 Å². The molecule has 2 aliphatic heterocycles. The molecule has 3 rings (SSSR count). The number of rotatable bonds is 2. The van der Waals surface area contributed by atoms with Crippen LogP contribution in [0.4, 0.5) is 5.69 Å². The summed E-state index contributed by atoms with van der Waals surface area (Å²) in [7, 11) is 0. The van der Waals surface area contributed by atoms with Crippen molar-refractivity contribution in [1.82, 2.24) is 9.80 Å². The number of benzene rings is 1. The van der Waals surface area contributed by atoms with Crippen LogP contribution in [-0.4, -0.2) is 47.4 Å². The fraction of sp³-hybridized carbons (Fsp3) is 0.588. The number of piperazine rings is 1. The van der Waals surface area contributed by atoms with Gasteiger partial charge in [0.1, 0.15) is 0 Å². The Morgan fingerprint density at radius 1 is 1.17 bits per heavy atom. The highest BCUT2D eigenvalue weighted by molar-refractivity contribution is 5.85. The molecular weight excluding hydrogens is 333 g/mol. The number of nitrogen functional groups attached to an aromatic ring is 1. The van der Waals surface area contributed by atoms with Crippen molar-refractivity contribution in [2.24, 2.45) is 0 Å². The highest BCUT2D eigenvalue weighted by atomic mass is 35.5. The van der Waals surface area contributed by atoms with E-state index in [0.29, 0.717) is 18.5 Å². The van der Waals surface area contributed by atoms with Crippen LogP contribution in [0.15, 0.2) is 24.3 Å². The molecule has 6 heteroatoms. The SMILES string of the molecule is CC1CN2CCCCC2CN1C(=O)Cc1ccc(N)cc1.Cl.Cl.